The van der Waals surface area contributed by atoms with Crippen molar-refractivity contribution in [3.8, 4) is 11.5 Å². The SMILES string of the molecule is C=CCn1c(SCC(=O)c2cc(C)n(Cc3ccco3)c2C)nnc1C1COc2ccccc2O1. The average Bonchev–Trinajstić information content (AvgIpc) is 3.59. The molecule has 1 aromatic carbocycles. The lowest BCUT2D eigenvalue weighted by Crippen LogP contribution is -2.25. The zero-order valence-corrected chi connectivity index (χ0v) is 20.5. The molecule has 1 atom stereocenters. The third-order valence-corrected chi connectivity index (χ3v) is 6.92. The molecule has 0 spiro atoms. The molecule has 35 heavy (non-hydrogen) atoms. The number of nitrogens with zero attached hydrogens (tertiary/aromatic N) is 4. The number of allylic oxidation sites excluding steroid dienone is 1. The summed E-state index contributed by atoms with van der Waals surface area (Å²) in [6.07, 6.45) is 3.03. The molecule has 0 saturated heterocycles. The topological polar surface area (TPSA) is 84.3 Å². The average molecular weight is 491 g/mol. The molecule has 5 rings (SSSR count). The van der Waals surface area contributed by atoms with Gasteiger partial charge in [0, 0.05) is 23.5 Å². The van der Waals surface area contributed by atoms with Gasteiger partial charge in [-0.2, -0.15) is 0 Å². The van der Waals surface area contributed by atoms with Gasteiger partial charge in [0.25, 0.3) is 0 Å². The maximum Gasteiger partial charge on any atom is 0.192 e. The molecule has 0 fully saturated rings. The Hall–Kier alpha value is -3.72. The van der Waals surface area contributed by atoms with E-state index in [0.717, 1.165) is 17.1 Å². The van der Waals surface area contributed by atoms with Crippen LogP contribution in [0.5, 0.6) is 11.5 Å². The minimum Gasteiger partial charge on any atom is -0.485 e. The first-order chi connectivity index (χ1) is 17.0. The highest BCUT2D eigenvalue weighted by molar-refractivity contribution is 7.99. The van der Waals surface area contributed by atoms with Gasteiger partial charge in [0.05, 0.1) is 18.6 Å². The number of furan rings is 1. The molecule has 4 aromatic rings. The number of fused-ring (bicyclic) bond motifs is 1. The monoisotopic (exact) mass is 490 g/mol. The molecule has 0 saturated carbocycles. The summed E-state index contributed by atoms with van der Waals surface area (Å²) in [5.41, 5.74) is 2.64. The number of carbonyl (C=O) groups is 1. The minimum absolute atomic E-state index is 0.0367. The Bertz CT molecular complexity index is 1360. The van der Waals surface area contributed by atoms with Crippen LogP contribution in [0.2, 0.25) is 0 Å². The van der Waals surface area contributed by atoms with E-state index >= 15 is 0 Å². The van der Waals surface area contributed by atoms with Crippen molar-refractivity contribution in [2.45, 2.75) is 38.2 Å². The second kappa shape index (κ2) is 9.87. The molecule has 0 aliphatic carbocycles. The van der Waals surface area contributed by atoms with Gasteiger partial charge in [0.15, 0.2) is 34.4 Å². The van der Waals surface area contributed by atoms with Gasteiger partial charge in [-0.25, -0.2) is 0 Å². The largest absolute Gasteiger partial charge is 0.485 e. The Morgan fingerprint density at radius 2 is 2.00 bits per heavy atom. The standard InChI is InChI=1S/C26H26N4O4S/c1-4-11-29-25(24-15-33-22-9-5-6-10-23(22)34-24)27-28-26(29)35-16-21(31)20-13-17(2)30(18(20)3)14-19-8-7-12-32-19/h4-10,12-13,24H,1,11,14-16H2,2-3H3. The first-order valence-corrected chi connectivity index (χ1v) is 12.3. The summed E-state index contributed by atoms with van der Waals surface area (Å²) in [6.45, 7) is 9.24. The van der Waals surface area contributed by atoms with Crippen LogP contribution in [-0.2, 0) is 13.1 Å². The third kappa shape index (κ3) is 4.64. The highest BCUT2D eigenvalue weighted by atomic mass is 32.2. The van der Waals surface area contributed by atoms with Crippen LogP contribution in [0.4, 0.5) is 0 Å². The zero-order chi connectivity index (χ0) is 24.4. The van der Waals surface area contributed by atoms with E-state index < -0.39 is 6.10 Å². The van der Waals surface area contributed by atoms with E-state index in [2.05, 4.69) is 21.3 Å². The number of para-hydroxylation sites is 2. The Morgan fingerprint density at radius 1 is 1.17 bits per heavy atom. The number of hydrogen-bond donors (Lipinski definition) is 0. The van der Waals surface area contributed by atoms with Crippen molar-refractivity contribution in [2.75, 3.05) is 12.4 Å². The second-order valence-electron chi connectivity index (χ2n) is 8.27. The van der Waals surface area contributed by atoms with Crippen molar-refractivity contribution in [1.82, 2.24) is 19.3 Å². The summed E-state index contributed by atoms with van der Waals surface area (Å²) >= 11 is 1.36. The summed E-state index contributed by atoms with van der Waals surface area (Å²) in [5, 5.41) is 9.36. The number of benzene rings is 1. The van der Waals surface area contributed by atoms with Crippen LogP contribution in [0.1, 0.15) is 39.4 Å². The van der Waals surface area contributed by atoms with Crippen LogP contribution in [0, 0.1) is 13.8 Å². The van der Waals surface area contributed by atoms with Crippen LogP contribution in [-0.4, -0.2) is 37.5 Å². The molecular weight excluding hydrogens is 464 g/mol. The summed E-state index contributed by atoms with van der Waals surface area (Å²) < 4.78 is 21.5. The van der Waals surface area contributed by atoms with Crippen molar-refractivity contribution in [3.63, 3.8) is 0 Å². The lowest BCUT2D eigenvalue weighted by molar-refractivity contribution is 0.0821. The first-order valence-electron chi connectivity index (χ1n) is 11.3. The van der Waals surface area contributed by atoms with E-state index in [1.54, 1.807) is 12.3 Å². The van der Waals surface area contributed by atoms with Crippen LogP contribution >= 0.6 is 11.8 Å². The Kier molecular flexibility index (Phi) is 6.50. The van der Waals surface area contributed by atoms with E-state index in [1.165, 1.54) is 11.8 Å². The summed E-state index contributed by atoms with van der Waals surface area (Å²) in [4.78, 5) is 13.1. The predicted octanol–water partition coefficient (Wildman–Crippen LogP) is 5.01. The van der Waals surface area contributed by atoms with E-state index in [0.29, 0.717) is 47.7 Å². The van der Waals surface area contributed by atoms with Crippen LogP contribution in [0.3, 0.4) is 0 Å². The number of ketones is 1. The number of carbonyl (C=O) groups excluding carboxylic acids is 1. The van der Waals surface area contributed by atoms with Gasteiger partial charge in [-0.15, -0.1) is 16.8 Å². The highest BCUT2D eigenvalue weighted by Gasteiger charge is 2.28. The van der Waals surface area contributed by atoms with Crippen LogP contribution < -0.4 is 9.47 Å². The van der Waals surface area contributed by atoms with Gasteiger partial charge in [-0.05, 0) is 44.2 Å². The first kappa shape index (κ1) is 23.0. The van der Waals surface area contributed by atoms with Gasteiger partial charge < -0.3 is 18.5 Å². The normalized spacial score (nSPS) is 14.7. The van der Waals surface area contributed by atoms with Gasteiger partial charge >= 0.3 is 0 Å². The maximum absolute atomic E-state index is 13.1. The van der Waals surface area contributed by atoms with Gasteiger partial charge in [0.2, 0.25) is 0 Å². The molecule has 0 bridgehead atoms. The van der Waals surface area contributed by atoms with Crippen molar-refractivity contribution in [2.24, 2.45) is 0 Å². The molecular formula is C26H26N4O4S. The molecule has 1 unspecified atom stereocenters. The van der Waals surface area contributed by atoms with Gasteiger partial charge in [-0.1, -0.05) is 30.0 Å². The molecule has 0 radical (unpaired) electrons. The number of hydrogen-bond acceptors (Lipinski definition) is 7. The number of thioether (sulfide) groups is 1. The quantitative estimate of drug-likeness (QED) is 0.185. The maximum atomic E-state index is 13.1. The number of Topliss-reactive ketones (excluding diaryl/α,β-unsaturated/α-hetero) is 1. The molecule has 3 aromatic heterocycles. The van der Waals surface area contributed by atoms with E-state index in [-0.39, 0.29) is 11.5 Å². The van der Waals surface area contributed by atoms with E-state index in [9.17, 15) is 4.79 Å². The Labute approximate surface area is 207 Å². The fraction of sp³-hybridized carbons (Fsp3) is 0.269. The van der Waals surface area contributed by atoms with E-state index in [1.807, 2.05) is 60.9 Å². The fourth-order valence-electron chi connectivity index (χ4n) is 4.19. The minimum atomic E-state index is -0.400. The number of aromatic nitrogens is 4. The highest BCUT2D eigenvalue weighted by Crippen LogP contribution is 2.36. The van der Waals surface area contributed by atoms with Gasteiger partial charge in [0.1, 0.15) is 12.4 Å². The molecule has 9 heteroatoms. The molecule has 1 aliphatic rings. The van der Waals surface area contributed by atoms with Crippen LogP contribution in [0.25, 0.3) is 0 Å². The molecule has 1 aliphatic heterocycles. The number of rotatable bonds is 9. The third-order valence-electron chi connectivity index (χ3n) is 5.95. The fourth-order valence-corrected chi connectivity index (χ4v) is 5.02. The molecule has 4 heterocycles. The Balaban J connectivity index is 1.31. The predicted molar refractivity (Wildman–Crippen MR) is 132 cm³/mol. The molecule has 0 amide bonds. The lowest BCUT2D eigenvalue weighted by Gasteiger charge is -2.26. The molecule has 180 valence electrons. The summed E-state index contributed by atoms with van der Waals surface area (Å²) in [6, 6.07) is 13.3. The van der Waals surface area contributed by atoms with Crippen LogP contribution in [0.15, 0.2) is 71.0 Å². The number of ether oxygens (including phenoxy) is 2. The Morgan fingerprint density at radius 3 is 2.77 bits per heavy atom. The zero-order valence-electron chi connectivity index (χ0n) is 19.6. The molecule has 0 N–H and O–H groups in total. The second-order valence-corrected chi connectivity index (χ2v) is 9.21. The van der Waals surface area contributed by atoms with Gasteiger partial charge in [-0.3, -0.25) is 9.36 Å². The van der Waals surface area contributed by atoms with Crippen molar-refractivity contribution in [3.05, 3.63) is 89.9 Å². The van der Waals surface area contributed by atoms with Crippen molar-refractivity contribution in [1.29, 1.82) is 0 Å². The van der Waals surface area contributed by atoms with Crippen molar-refractivity contribution < 1.29 is 18.7 Å². The lowest BCUT2D eigenvalue weighted by atomic mass is 10.2. The summed E-state index contributed by atoms with van der Waals surface area (Å²) in [5.74, 6) is 3.16. The van der Waals surface area contributed by atoms with Crippen molar-refractivity contribution >= 4 is 17.5 Å². The van der Waals surface area contributed by atoms with E-state index in [4.69, 9.17) is 13.9 Å². The number of aryl methyl sites for hydroxylation is 1. The smallest absolute Gasteiger partial charge is 0.192 e. The summed E-state index contributed by atoms with van der Waals surface area (Å²) in [7, 11) is 0. The molecule has 8 nitrogen and oxygen atoms in total.